The van der Waals surface area contributed by atoms with Gasteiger partial charge in [-0.2, -0.15) is 11.8 Å². The lowest BCUT2D eigenvalue weighted by molar-refractivity contribution is 0.160. The molecule has 84 valence electrons. The van der Waals surface area contributed by atoms with E-state index in [1.807, 2.05) is 11.8 Å². The molecule has 0 aliphatic heterocycles. The molecule has 1 saturated carbocycles. The van der Waals surface area contributed by atoms with Crippen molar-refractivity contribution in [2.75, 3.05) is 26.5 Å². The monoisotopic (exact) mass is 217 g/mol. The average Bonchev–Trinajstić information content (AvgIpc) is 2.15. The van der Waals surface area contributed by atoms with Crippen LogP contribution in [0.2, 0.25) is 0 Å². The van der Waals surface area contributed by atoms with Crippen molar-refractivity contribution in [3.05, 3.63) is 0 Å². The highest BCUT2D eigenvalue weighted by Crippen LogP contribution is 2.42. The van der Waals surface area contributed by atoms with E-state index in [2.05, 4.69) is 18.5 Å². The molecule has 0 aromatic heterocycles. The Kier molecular flexibility index (Phi) is 5.28. The van der Waals surface area contributed by atoms with Gasteiger partial charge in [-0.05, 0) is 25.5 Å². The van der Waals surface area contributed by atoms with E-state index in [1.165, 1.54) is 19.3 Å². The lowest BCUT2D eigenvalue weighted by atomic mass is 9.84. The number of nitrogens with one attached hydrogen (secondary N) is 1. The van der Waals surface area contributed by atoms with Crippen molar-refractivity contribution in [1.29, 1.82) is 0 Å². The van der Waals surface area contributed by atoms with Gasteiger partial charge in [0, 0.05) is 24.4 Å². The molecule has 0 amide bonds. The fourth-order valence-corrected chi connectivity index (χ4v) is 2.80. The van der Waals surface area contributed by atoms with Gasteiger partial charge < -0.3 is 10.1 Å². The van der Waals surface area contributed by atoms with Crippen molar-refractivity contribution in [3.8, 4) is 0 Å². The van der Waals surface area contributed by atoms with Crippen LogP contribution in [-0.4, -0.2) is 37.3 Å². The number of ether oxygens (including phenoxy) is 1. The van der Waals surface area contributed by atoms with Crippen LogP contribution in [0.15, 0.2) is 0 Å². The molecule has 1 atom stereocenters. The Morgan fingerprint density at radius 1 is 1.50 bits per heavy atom. The van der Waals surface area contributed by atoms with Crippen LogP contribution in [0.25, 0.3) is 0 Å². The summed E-state index contributed by atoms with van der Waals surface area (Å²) in [6.07, 6.45) is 7.55. The van der Waals surface area contributed by atoms with Crippen LogP contribution in [0, 0.1) is 0 Å². The summed E-state index contributed by atoms with van der Waals surface area (Å²) in [7, 11) is 1.78. The molecule has 1 rings (SSSR count). The van der Waals surface area contributed by atoms with Gasteiger partial charge in [0.25, 0.3) is 0 Å². The van der Waals surface area contributed by atoms with Gasteiger partial charge in [0.15, 0.2) is 0 Å². The third-order valence-electron chi connectivity index (χ3n) is 3.27. The first kappa shape index (κ1) is 12.3. The number of hydrogen-bond donors (Lipinski definition) is 1. The quantitative estimate of drug-likeness (QED) is 0.707. The maximum atomic E-state index is 5.18. The van der Waals surface area contributed by atoms with Crippen LogP contribution in [-0.2, 0) is 4.74 Å². The number of hydrogen-bond acceptors (Lipinski definition) is 3. The van der Waals surface area contributed by atoms with Gasteiger partial charge >= 0.3 is 0 Å². The van der Waals surface area contributed by atoms with Gasteiger partial charge in [-0.25, -0.2) is 0 Å². The van der Waals surface area contributed by atoms with Gasteiger partial charge in [-0.1, -0.05) is 13.3 Å². The highest BCUT2D eigenvalue weighted by molar-refractivity contribution is 8.00. The second-order valence-electron chi connectivity index (χ2n) is 4.18. The summed E-state index contributed by atoms with van der Waals surface area (Å²) in [5.74, 6) is 0. The summed E-state index contributed by atoms with van der Waals surface area (Å²) in [5, 5.41) is 3.62. The van der Waals surface area contributed by atoms with Crippen LogP contribution in [0.4, 0.5) is 0 Å². The standard InChI is InChI=1S/C11H23NOS/c1-4-10(8-13-2)12-9-11(14-3)6-5-7-11/h10,12H,4-9H2,1-3H3. The Labute approximate surface area is 92.2 Å². The van der Waals surface area contributed by atoms with Crippen molar-refractivity contribution in [2.24, 2.45) is 0 Å². The summed E-state index contributed by atoms with van der Waals surface area (Å²) >= 11 is 2.03. The second kappa shape index (κ2) is 5.99. The van der Waals surface area contributed by atoms with Gasteiger partial charge in [0.1, 0.15) is 0 Å². The number of thioether (sulfide) groups is 1. The Hall–Kier alpha value is 0.270. The molecule has 1 unspecified atom stereocenters. The molecule has 0 heterocycles. The van der Waals surface area contributed by atoms with Crippen LogP contribution < -0.4 is 5.32 Å². The molecule has 3 heteroatoms. The van der Waals surface area contributed by atoms with Crippen LogP contribution in [0.1, 0.15) is 32.6 Å². The molecule has 0 aromatic rings. The van der Waals surface area contributed by atoms with Crippen LogP contribution >= 0.6 is 11.8 Å². The molecule has 1 aliphatic rings. The molecule has 0 spiro atoms. The average molecular weight is 217 g/mol. The second-order valence-corrected chi connectivity index (χ2v) is 5.46. The molecule has 2 nitrogen and oxygen atoms in total. The molecule has 1 N–H and O–H groups in total. The summed E-state index contributed by atoms with van der Waals surface area (Å²) in [6.45, 7) is 4.19. The summed E-state index contributed by atoms with van der Waals surface area (Å²) < 4.78 is 5.72. The fourth-order valence-electron chi connectivity index (χ4n) is 1.88. The Balaban J connectivity index is 2.22. The van der Waals surface area contributed by atoms with Crippen molar-refractivity contribution < 1.29 is 4.74 Å². The fraction of sp³-hybridized carbons (Fsp3) is 1.00. The highest BCUT2D eigenvalue weighted by atomic mass is 32.2. The highest BCUT2D eigenvalue weighted by Gasteiger charge is 2.35. The topological polar surface area (TPSA) is 21.3 Å². The van der Waals surface area contributed by atoms with Crippen molar-refractivity contribution >= 4 is 11.8 Å². The van der Waals surface area contributed by atoms with Gasteiger partial charge in [-0.15, -0.1) is 0 Å². The van der Waals surface area contributed by atoms with Crippen LogP contribution in [0.3, 0.4) is 0 Å². The smallest absolute Gasteiger partial charge is 0.0615 e. The predicted octanol–water partition coefficient (Wildman–Crippen LogP) is 2.29. The van der Waals surface area contributed by atoms with E-state index in [-0.39, 0.29) is 0 Å². The van der Waals surface area contributed by atoms with Gasteiger partial charge in [0.2, 0.25) is 0 Å². The molecular formula is C11H23NOS. The zero-order valence-electron chi connectivity index (χ0n) is 9.64. The Morgan fingerprint density at radius 3 is 2.57 bits per heavy atom. The van der Waals surface area contributed by atoms with E-state index in [0.717, 1.165) is 19.6 Å². The molecular weight excluding hydrogens is 194 g/mol. The lowest BCUT2D eigenvalue weighted by Crippen LogP contribution is -2.47. The minimum Gasteiger partial charge on any atom is -0.383 e. The molecule has 1 aliphatic carbocycles. The summed E-state index contributed by atoms with van der Waals surface area (Å²) in [6, 6.07) is 0.532. The SMILES string of the molecule is CCC(COC)NCC1(SC)CCC1. The minimum atomic E-state index is 0.532. The van der Waals surface area contributed by atoms with E-state index in [1.54, 1.807) is 7.11 Å². The molecule has 14 heavy (non-hydrogen) atoms. The molecule has 1 fully saturated rings. The number of methoxy groups -OCH3 is 1. The molecule has 0 bridgehead atoms. The molecule has 0 aromatic carbocycles. The van der Waals surface area contributed by atoms with Crippen molar-refractivity contribution in [1.82, 2.24) is 5.32 Å². The third-order valence-corrected chi connectivity index (χ3v) is 4.69. The third kappa shape index (κ3) is 3.14. The van der Waals surface area contributed by atoms with E-state index in [0.29, 0.717) is 10.8 Å². The largest absolute Gasteiger partial charge is 0.383 e. The normalized spacial score (nSPS) is 21.6. The lowest BCUT2D eigenvalue weighted by Gasteiger charge is -2.41. The Bertz CT molecular complexity index is 154. The first-order chi connectivity index (χ1) is 6.76. The van der Waals surface area contributed by atoms with Gasteiger partial charge in [-0.3, -0.25) is 0 Å². The van der Waals surface area contributed by atoms with Gasteiger partial charge in [0.05, 0.1) is 6.61 Å². The molecule has 0 saturated heterocycles. The van der Waals surface area contributed by atoms with E-state index >= 15 is 0 Å². The zero-order chi connectivity index (χ0) is 10.4. The predicted molar refractivity (Wildman–Crippen MR) is 64.1 cm³/mol. The summed E-state index contributed by atoms with van der Waals surface area (Å²) in [5.41, 5.74) is 0. The van der Waals surface area contributed by atoms with Crippen molar-refractivity contribution in [2.45, 2.75) is 43.4 Å². The maximum Gasteiger partial charge on any atom is 0.0615 e. The van der Waals surface area contributed by atoms with E-state index in [4.69, 9.17) is 4.74 Å². The Morgan fingerprint density at radius 2 is 2.21 bits per heavy atom. The zero-order valence-corrected chi connectivity index (χ0v) is 10.5. The summed E-state index contributed by atoms with van der Waals surface area (Å²) in [4.78, 5) is 0. The minimum absolute atomic E-state index is 0.532. The van der Waals surface area contributed by atoms with E-state index in [9.17, 15) is 0 Å². The number of rotatable bonds is 7. The first-order valence-corrected chi connectivity index (χ1v) is 6.76. The first-order valence-electron chi connectivity index (χ1n) is 5.54. The van der Waals surface area contributed by atoms with Crippen molar-refractivity contribution in [3.63, 3.8) is 0 Å². The van der Waals surface area contributed by atoms with E-state index < -0.39 is 0 Å². The molecule has 0 radical (unpaired) electrons. The van der Waals surface area contributed by atoms with Crippen LogP contribution in [0.5, 0.6) is 0 Å². The maximum absolute atomic E-state index is 5.18.